The first-order valence-corrected chi connectivity index (χ1v) is 8.65. The molecule has 0 spiro atoms. The maximum absolute atomic E-state index is 11.6. The number of amides is 1. The van der Waals surface area contributed by atoms with Gasteiger partial charge in [0.25, 0.3) is 0 Å². The van der Waals surface area contributed by atoms with E-state index in [2.05, 4.69) is 15.6 Å². The molecular weight excluding hydrogens is 350 g/mol. The van der Waals surface area contributed by atoms with Gasteiger partial charge in [-0.2, -0.15) is 0 Å². The minimum absolute atomic E-state index is 0.102. The number of nitrogens with zero attached hydrogens (tertiary/aromatic N) is 1. The molecule has 0 atom stereocenters. The fourth-order valence-electron chi connectivity index (χ4n) is 2.44. The molecule has 6 nitrogen and oxygen atoms in total. The molecule has 0 unspecified atom stereocenters. The van der Waals surface area contributed by atoms with E-state index in [1.807, 2.05) is 49.4 Å². The summed E-state index contributed by atoms with van der Waals surface area (Å²) >= 11 is 5.16. The van der Waals surface area contributed by atoms with E-state index in [1.165, 1.54) is 0 Å². The molecule has 0 saturated heterocycles. The summed E-state index contributed by atoms with van der Waals surface area (Å²) in [6.45, 7) is 1.94. The molecule has 0 saturated carbocycles. The number of ether oxygens (including phenoxy) is 1. The third-order valence-corrected chi connectivity index (χ3v) is 3.92. The maximum Gasteiger partial charge on any atom is 0.227 e. The van der Waals surface area contributed by atoms with Crippen molar-refractivity contribution in [3.8, 4) is 17.2 Å². The summed E-state index contributed by atoms with van der Waals surface area (Å²) in [4.78, 5) is 16.1. The van der Waals surface area contributed by atoms with Gasteiger partial charge >= 0.3 is 0 Å². The first kappa shape index (κ1) is 17.9. The third kappa shape index (κ3) is 4.18. The minimum Gasteiger partial charge on any atom is -0.497 e. The Labute approximate surface area is 156 Å². The summed E-state index contributed by atoms with van der Waals surface area (Å²) < 4.78 is 11.0. The van der Waals surface area contributed by atoms with Crippen molar-refractivity contribution < 1.29 is 13.9 Å². The second-order valence-corrected chi connectivity index (χ2v) is 6.09. The second-order valence-electron chi connectivity index (χ2n) is 5.68. The first-order valence-electron chi connectivity index (χ1n) is 8.25. The lowest BCUT2D eigenvalue weighted by molar-refractivity contribution is -0.119. The highest BCUT2D eigenvalue weighted by Crippen LogP contribution is 2.27. The predicted octanol–water partition coefficient (Wildman–Crippen LogP) is 4.12. The van der Waals surface area contributed by atoms with Crippen LogP contribution in [0.1, 0.15) is 19.8 Å². The van der Waals surface area contributed by atoms with Crippen LogP contribution < -0.4 is 15.4 Å². The Hall–Kier alpha value is -2.93. The first-order chi connectivity index (χ1) is 12.6. The van der Waals surface area contributed by atoms with Crippen molar-refractivity contribution in [2.24, 2.45) is 0 Å². The van der Waals surface area contributed by atoms with Gasteiger partial charge in [-0.25, -0.2) is 4.98 Å². The molecule has 0 aliphatic carbocycles. The fourth-order valence-corrected chi connectivity index (χ4v) is 2.67. The van der Waals surface area contributed by atoms with E-state index < -0.39 is 0 Å². The summed E-state index contributed by atoms with van der Waals surface area (Å²) in [5.41, 5.74) is 2.96. The second kappa shape index (κ2) is 7.97. The molecule has 26 heavy (non-hydrogen) atoms. The summed E-state index contributed by atoms with van der Waals surface area (Å²) in [6.07, 6.45) is 1.21. The third-order valence-electron chi connectivity index (χ3n) is 3.71. The number of nitrogens with one attached hydrogen (secondary N) is 2. The molecule has 1 aromatic heterocycles. The maximum atomic E-state index is 11.6. The van der Waals surface area contributed by atoms with Crippen LogP contribution in [0.25, 0.3) is 22.6 Å². The van der Waals surface area contributed by atoms with Crippen LogP contribution in [-0.4, -0.2) is 23.1 Å². The van der Waals surface area contributed by atoms with Crippen LogP contribution in [0.15, 0.2) is 46.9 Å². The van der Waals surface area contributed by atoms with E-state index in [0.717, 1.165) is 23.4 Å². The van der Waals surface area contributed by atoms with E-state index in [0.29, 0.717) is 23.4 Å². The summed E-state index contributed by atoms with van der Waals surface area (Å²) in [7, 11) is 1.62. The van der Waals surface area contributed by atoms with Crippen LogP contribution >= 0.6 is 12.2 Å². The average Bonchev–Trinajstić information content (AvgIpc) is 3.05. The Balaban J connectivity index is 1.76. The zero-order valence-electron chi connectivity index (χ0n) is 14.5. The lowest BCUT2D eigenvalue weighted by Crippen LogP contribution is -2.33. The largest absolute Gasteiger partial charge is 0.497 e. The van der Waals surface area contributed by atoms with Gasteiger partial charge in [-0.3, -0.25) is 4.79 Å². The van der Waals surface area contributed by atoms with Crippen molar-refractivity contribution in [2.75, 3.05) is 12.4 Å². The number of anilines is 1. The van der Waals surface area contributed by atoms with Gasteiger partial charge in [-0.1, -0.05) is 6.92 Å². The average molecular weight is 369 g/mol. The van der Waals surface area contributed by atoms with Crippen molar-refractivity contribution in [1.29, 1.82) is 0 Å². The van der Waals surface area contributed by atoms with Crippen molar-refractivity contribution in [3.63, 3.8) is 0 Å². The lowest BCUT2D eigenvalue weighted by atomic mass is 10.2. The summed E-state index contributed by atoms with van der Waals surface area (Å²) in [6, 6.07) is 13.0. The smallest absolute Gasteiger partial charge is 0.227 e. The van der Waals surface area contributed by atoms with Gasteiger partial charge in [0.15, 0.2) is 10.7 Å². The highest BCUT2D eigenvalue weighted by molar-refractivity contribution is 7.80. The number of methoxy groups -OCH3 is 1. The minimum atomic E-state index is -0.102. The van der Waals surface area contributed by atoms with E-state index in [4.69, 9.17) is 21.4 Å². The Morgan fingerprint density at radius 3 is 2.69 bits per heavy atom. The molecule has 134 valence electrons. The van der Waals surface area contributed by atoms with Gasteiger partial charge in [-0.05, 0) is 61.1 Å². The number of fused-ring (bicyclic) bond motifs is 1. The van der Waals surface area contributed by atoms with Crippen LogP contribution in [0.5, 0.6) is 5.75 Å². The van der Waals surface area contributed by atoms with Crippen LogP contribution in [0.2, 0.25) is 0 Å². The zero-order chi connectivity index (χ0) is 18.5. The number of hydrogen-bond donors (Lipinski definition) is 2. The van der Waals surface area contributed by atoms with Crippen LogP contribution in [0, 0.1) is 0 Å². The van der Waals surface area contributed by atoms with Gasteiger partial charge in [-0.15, -0.1) is 0 Å². The number of carbonyl (C=O) groups excluding carboxylic acids is 1. The van der Waals surface area contributed by atoms with Gasteiger partial charge in [0.1, 0.15) is 11.3 Å². The number of hydrogen-bond acceptors (Lipinski definition) is 5. The monoisotopic (exact) mass is 369 g/mol. The van der Waals surface area contributed by atoms with Crippen LogP contribution in [-0.2, 0) is 4.79 Å². The van der Waals surface area contributed by atoms with Gasteiger partial charge < -0.3 is 19.8 Å². The topological polar surface area (TPSA) is 76.4 Å². The predicted molar refractivity (Wildman–Crippen MR) is 105 cm³/mol. The number of carbonyl (C=O) groups is 1. The Bertz CT molecular complexity index is 935. The van der Waals surface area contributed by atoms with Gasteiger partial charge in [0.2, 0.25) is 11.8 Å². The number of thiocarbonyl (C=S) groups is 1. The Morgan fingerprint density at radius 2 is 2.00 bits per heavy atom. The molecule has 0 aliphatic rings. The molecule has 3 rings (SSSR count). The van der Waals surface area contributed by atoms with E-state index in [-0.39, 0.29) is 11.0 Å². The Morgan fingerprint density at radius 1 is 1.23 bits per heavy atom. The molecule has 2 N–H and O–H groups in total. The lowest BCUT2D eigenvalue weighted by Gasteiger charge is -2.08. The molecular formula is C19H19N3O3S. The molecule has 0 bridgehead atoms. The number of aromatic nitrogens is 1. The fraction of sp³-hybridized carbons (Fsp3) is 0.211. The quantitative estimate of drug-likeness (QED) is 0.659. The van der Waals surface area contributed by atoms with E-state index in [9.17, 15) is 4.79 Å². The molecule has 1 amide bonds. The number of oxazole rings is 1. The van der Waals surface area contributed by atoms with Crippen molar-refractivity contribution in [2.45, 2.75) is 19.8 Å². The Kier molecular flexibility index (Phi) is 5.48. The zero-order valence-corrected chi connectivity index (χ0v) is 15.4. The van der Waals surface area contributed by atoms with Crippen molar-refractivity contribution in [1.82, 2.24) is 10.3 Å². The molecule has 1 heterocycles. The highest BCUT2D eigenvalue weighted by atomic mass is 32.1. The molecule has 0 fully saturated rings. The summed E-state index contributed by atoms with van der Waals surface area (Å²) in [5.74, 6) is 1.20. The summed E-state index contributed by atoms with van der Waals surface area (Å²) in [5, 5.41) is 5.90. The molecule has 2 aromatic carbocycles. The van der Waals surface area contributed by atoms with E-state index in [1.54, 1.807) is 7.11 Å². The standard InChI is InChI=1S/C19H19N3O3S/c1-3-4-17(23)22-19(26)20-13-7-10-16-15(11-13)21-18(25-16)12-5-8-14(24-2)9-6-12/h5-11H,3-4H2,1-2H3,(H2,20,22,23,26). The number of benzene rings is 2. The SMILES string of the molecule is CCCC(=O)NC(=S)Nc1ccc2oc(-c3ccc(OC)cc3)nc2c1. The molecule has 7 heteroatoms. The van der Waals surface area contributed by atoms with Gasteiger partial charge in [0.05, 0.1) is 7.11 Å². The molecule has 0 aliphatic heterocycles. The van der Waals surface area contributed by atoms with E-state index >= 15 is 0 Å². The normalized spacial score (nSPS) is 10.5. The van der Waals surface area contributed by atoms with Crippen LogP contribution in [0.3, 0.4) is 0 Å². The van der Waals surface area contributed by atoms with Crippen molar-refractivity contribution in [3.05, 3.63) is 42.5 Å². The molecule has 3 aromatic rings. The van der Waals surface area contributed by atoms with Gasteiger partial charge in [0, 0.05) is 17.7 Å². The number of rotatable bonds is 5. The molecule has 0 radical (unpaired) electrons. The van der Waals surface area contributed by atoms with Crippen molar-refractivity contribution >= 4 is 40.0 Å². The highest BCUT2D eigenvalue weighted by Gasteiger charge is 2.10. The van der Waals surface area contributed by atoms with Crippen LogP contribution in [0.4, 0.5) is 5.69 Å².